The molecule has 2 aromatic heterocycles. The fourth-order valence-electron chi connectivity index (χ4n) is 3.95. The van der Waals surface area contributed by atoms with E-state index in [1.54, 1.807) is 29.1 Å². The minimum atomic E-state index is -0.558. The van der Waals surface area contributed by atoms with Crippen LogP contribution >= 0.6 is 15.9 Å². The lowest BCUT2D eigenvalue weighted by Crippen LogP contribution is -2.19. The number of ether oxygens (including phenoxy) is 1. The highest BCUT2D eigenvalue weighted by atomic mass is 79.9. The van der Waals surface area contributed by atoms with Crippen LogP contribution in [0.5, 0.6) is 11.5 Å². The van der Waals surface area contributed by atoms with Crippen molar-refractivity contribution in [2.75, 3.05) is 6.61 Å². The molecule has 2 N–H and O–H groups in total. The second-order valence-electron chi connectivity index (χ2n) is 7.50. The number of hydrogen-bond acceptors (Lipinski definition) is 5. The third kappa shape index (κ3) is 3.55. The first-order valence-electron chi connectivity index (χ1n) is 9.99. The van der Waals surface area contributed by atoms with Crippen molar-refractivity contribution < 1.29 is 19.3 Å². The van der Waals surface area contributed by atoms with Crippen LogP contribution in [0.15, 0.2) is 53.1 Å². The Hall–Kier alpha value is -2.97. The van der Waals surface area contributed by atoms with E-state index >= 15 is 0 Å². The third-order valence-electron chi connectivity index (χ3n) is 5.49. The lowest BCUT2D eigenvalue weighted by atomic mass is 10.0. The molecule has 1 unspecified atom stereocenters. The molecule has 3 heterocycles. The first-order chi connectivity index (χ1) is 15.0. The standard InChI is InChI=1S/C23H19BrFN3O3/c24-15-8-7-13(10-20(15)30)23-14-11-17(22-16(25)4-3-5-19(22)29)26-12-18(14)28(27-23)21-6-1-2-9-31-21/h3-5,7-8,10-12,21,29-30H,1-2,6,9H2. The molecule has 1 aliphatic heterocycles. The highest BCUT2D eigenvalue weighted by Gasteiger charge is 2.23. The average Bonchev–Trinajstić information content (AvgIpc) is 3.15. The third-order valence-corrected chi connectivity index (χ3v) is 6.16. The summed E-state index contributed by atoms with van der Waals surface area (Å²) in [6.07, 6.45) is 4.29. The van der Waals surface area contributed by atoms with Crippen molar-refractivity contribution in [1.82, 2.24) is 14.8 Å². The lowest BCUT2D eigenvalue weighted by molar-refractivity contribution is -0.0365. The van der Waals surface area contributed by atoms with Crippen LogP contribution in [0.4, 0.5) is 4.39 Å². The van der Waals surface area contributed by atoms with Crippen molar-refractivity contribution in [2.45, 2.75) is 25.5 Å². The van der Waals surface area contributed by atoms with Crippen LogP contribution in [0.3, 0.4) is 0 Å². The van der Waals surface area contributed by atoms with E-state index in [-0.39, 0.29) is 23.3 Å². The van der Waals surface area contributed by atoms with Gasteiger partial charge in [0.2, 0.25) is 0 Å². The summed E-state index contributed by atoms with van der Waals surface area (Å²) < 4.78 is 22.8. The molecule has 6 nitrogen and oxygen atoms in total. The molecule has 8 heteroatoms. The molecule has 2 aromatic carbocycles. The summed E-state index contributed by atoms with van der Waals surface area (Å²) in [5, 5.41) is 25.9. The Labute approximate surface area is 186 Å². The van der Waals surface area contributed by atoms with E-state index in [9.17, 15) is 14.6 Å². The van der Waals surface area contributed by atoms with Crippen molar-refractivity contribution in [2.24, 2.45) is 0 Å². The lowest BCUT2D eigenvalue weighted by Gasteiger charge is -2.23. The molecule has 1 atom stereocenters. The zero-order chi connectivity index (χ0) is 21.5. The van der Waals surface area contributed by atoms with Crippen LogP contribution < -0.4 is 0 Å². The summed E-state index contributed by atoms with van der Waals surface area (Å²) in [4.78, 5) is 4.42. The number of aromatic hydroxyl groups is 2. The van der Waals surface area contributed by atoms with Gasteiger partial charge in [-0.3, -0.25) is 4.98 Å². The van der Waals surface area contributed by atoms with Crippen LogP contribution in [0.25, 0.3) is 33.4 Å². The molecule has 1 saturated heterocycles. The first-order valence-corrected chi connectivity index (χ1v) is 10.8. The van der Waals surface area contributed by atoms with E-state index in [0.717, 1.165) is 30.2 Å². The van der Waals surface area contributed by atoms with Crippen molar-refractivity contribution in [1.29, 1.82) is 0 Å². The van der Waals surface area contributed by atoms with E-state index in [2.05, 4.69) is 20.9 Å². The largest absolute Gasteiger partial charge is 0.507 e. The molecular weight excluding hydrogens is 465 g/mol. The zero-order valence-electron chi connectivity index (χ0n) is 16.4. The Balaban J connectivity index is 1.74. The predicted octanol–water partition coefficient (Wildman–Crippen LogP) is 5.78. The van der Waals surface area contributed by atoms with Gasteiger partial charge in [-0.15, -0.1) is 0 Å². The van der Waals surface area contributed by atoms with E-state index in [1.165, 1.54) is 18.2 Å². The molecule has 158 valence electrons. The minimum absolute atomic E-state index is 0.0377. The normalized spacial score (nSPS) is 16.6. The molecule has 0 spiro atoms. The highest BCUT2D eigenvalue weighted by molar-refractivity contribution is 9.10. The second kappa shape index (κ2) is 7.94. The van der Waals surface area contributed by atoms with E-state index in [0.29, 0.717) is 28.0 Å². The monoisotopic (exact) mass is 483 g/mol. The highest BCUT2D eigenvalue weighted by Crippen LogP contribution is 2.38. The van der Waals surface area contributed by atoms with E-state index < -0.39 is 5.82 Å². The molecular formula is C23H19BrFN3O3. The molecule has 0 amide bonds. The molecule has 31 heavy (non-hydrogen) atoms. The molecule has 0 bridgehead atoms. The van der Waals surface area contributed by atoms with Crippen LogP contribution in [0, 0.1) is 5.82 Å². The molecule has 1 fully saturated rings. The van der Waals surface area contributed by atoms with Gasteiger partial charge in [0.15, 0.2) is 6.23 Å². The summed E-state index contributed by atoms with van der Waals surface area (Å²) >= 11 is 3.30. The number of pyridine rings is 1. The van der Waals surface area contributed by atoms with Gasteiger partial charge in [-0.1, -0.05) is 12.1 Å². The van der Waals surface area contributed by atoms with Gasteiger partial charge in [-0.25, -0.2) is 9.07 Å². The summed E-state index contributed by atoms with van der Waals surface area (Å²) in [5.74, 6) is -0.648. The number of phenols is 2. The topological polar surface area (TPSA) is 80.4 Å². The minimum Gasteiger partial charge on any atom is -0.507 e. The van der Waals surface area contributed by atoms with Gasteiger partial charge >= 0.3 is 0 Å². The van der Waals surface area contributed by atoms with E-state index in [4.69, 9.17) is 9.84 Å². The van der Waals surface area contributed by atoms with Crippen LogP contribution in [0.1, 0.15) is 25.5 Å². The quantitative estimate of drug-likeness (QED) is 0.386. The van der Waals surface area contributed by atoms with Crippen molar-refractivity contribution in [3.63, 3.8) is 0 Å². The zero-order valence-corrected chi connectivity index (χ0v) is 18.0. The van der Waals surface area contributed by atoms with Gasteiger partial charge in [0.05, 0.1) is 27.4 Å². The predicted molar refractivity (Wildman–Crippen MR) is 118 cm³/mol. The molecule has 0 saturated carbocycles. The Bertz CT molecular complexity index is 1260. The summed E-state index contributed by atoms with van der Waals surface area (Å²) in [6, 6.07) is 11.1. The first kappa shape index (κ1) is 20.0. The Morgan fingerprint density at radius 2 is 1.97 bits per heavy atom. The van der Waals surface area contributed by atoms with Crippen molar-refractivity contribution in [3.8, 4) is 34.0 Å². The summed E-state index contributed by atoms with van der Waals surface area (Å²) in [6.45, 7) is 0.662. The van der Waals surface area contributed by atoms with Crippen LogP contribution in [-0.4, -0.2) is 31.6 Å². The fourth-order valence-corrected chi connectivity index (χ4v) is 4.19. The number of fused-ring (bicyclic) bond motifs is 1. The van der Waals surface area contributed by atoms with Gasteiger partial charge in [-0.2, -0.15) is 5.10 Å². The van der Waals surface area contributed by atoms with Gasteiger partial charge in [0.1, 0.15) is 23.0 Å². The number of phenolic OH excluding ortho intramolecular Hbond substituents is 2. The van der Waals surface area contributed by atoms with Crippen molar-refractivity contribution in [3.05, 3.63) is 59.0 Å². The summed E-state index contributed by atoms with van der Waals surface area (Å²) in [5.41, 5.74) is 2.40. The number of hydrogen-bond donors (Lipinski definition) is 2. The Morgan fingerprint density at radius 3 is 2.71 bits per heavy atom. The van der Waals surface area contributed by atoms with Crippen LogP contribution in [-0.2, 0) is 4.74 Å². The number of rotatable bonds is 3. The average molecular weight is 484 g/mol. The van der Waals surface area contributed by atoms with Gasteiger partial charge in [0, 0.05) is 17.6 Å². The molecule has 1 aliphatic rings. The molecule has 0 aliphatic carbocycles. The van der Waals surface area contributed by atoms with Gasteiger partial charge < -0.3 is 14.9 Å². The Kier molecular flexibility index (Phi) is 5.11. The number of aromatic nitrogens is 3. The maximum atomic E-state index is 14.5. The maximum Gasteiger partial charge on any atom is 0.150 e. The maximum absolute atomic E-state index is 14.5. The second-order valence-corrected chi connectivity index (χ2v) is 8.36. The SMILES string of the molecule is Oc1cc(-c2nn(C3CCCCO3)c3cnc(-c4c(O)cccc4F)cc23)ccc1Br. The van der Waals surface area contributed by atoms with Gasteiger partial charge in [0.25, 0.3) is 0 Å². The Morgan fingerprint density at radius 1 is 1.10 bits per heavy atom. The number of halogens is 2. The van der Waals surface area contributed by atoms with E-state index in [1.807, 2.05) is 6.07 Å². The molecule has 0 radical (unpaired) electrons. The van der Waals surface area contributed by atoms with Gasteiger partial charge in [-0.05, 0) is 65.5 Å². The fraction of sp³-hybridized carbons (Fsp3) is 0.217. The van der Waals surface area contributed by atoms with Crippen molar-refractivity contribution >= 4 is 26.8 Å². The number of nitrogens with zero attached hydrogens (tertiary/aromatic N) is 3. The smallest absolute Gasteiger partial charge is 0.150 e. The van der Waals surface area contributed by atoms with Crippen LogP contribution in [0.2, 0.25) is 0 Å². The number of benzene rings is 2. The molecule has 5 rings (SSSR count). The molecule has 4 aromatic rings. The summed E-state index contributed by atoms with van der Waals surface area (Å²) in [7, 11) is 0.